The number of sulfonamides is 1. The third kappa shape index (κ3) is 2.62. The topological polar surface area (TPSA) is 85.1 Å². The van der Waals surface area contributed by atoms with Crippen molar-refractivity contribution in [1.82, 2.24) is 4.98 Å². The van der Waals surface area contributed by atoms with Crippen LogP contribution < -0.4 is 10.5 Å². The van der Waals surface area contributed by atoms with Crippen LogP contribution in [0.5, 0.6) is 0 Å². The molecular weight excluding hydrogens is 270 g/mol. The Balaban J connectivity index is 2.30. The molecule has 2 rings (SSSR count). The summed E-state index contributed by atoms with van der Waals surface area (Å²) in [7, 11) is -3.56. The number of nitrogens with two attached hydrogens (primary N) is 1. The lowest BCUT2D eigenvalue weighted by Gasteiger charge is -2.07. The van der Waals surface area contributed by atoms with Crippen LogP contribution in [-0.4, -0.2) is 13.4 Å². The van der Waals surface area contributed by atoms with E-state index in [9.17, 15) is 8.42 Å². The molecule has 2 heterocycles. The van der Waals surface area contributed by atoms with Crippen LogP contribution in [0.3, 0.4) is 0 Å². The van der Waals surface area contributed by atoms with Crippen molar-refractivity contribution in [1.29, 1.82) is 0 Å². The van der Waals surface area contributed by atoms with Crippen LogP contribution >= 0.6 is 11.3 Å². The molecule has 0 amide bonds. The maximum atomic E-state index is 12.0. The summed E-state index contributed by atoms with van der Waals surface area (Å²) in [6.07, 6.45) is 1.44. The van der Waals surface area contributed by atoms with Crippen LogP contribution in [0.1, 0.15) is 10.4 Å². The van der Waals surface area contributed by atoms with E-state index in [1.54, 1.807) is 25.1 Å². The predicted octanol–water partition coefficient (Wildman–Crippen LogP) is 2.14. The smallest absolute Gasteiger partial charge is 0.272 e. The lowest BCUT2D eigenvalue weighted by molar-refractivity contribution is 0.603. The van der Waals surface area contributed by atoms with Crippen molar-refractivity contribution in [2.45, 2.75) is 18.1 Å². The lowest BCUT2D eigenvalue weighted by Crippen LogP contribution is -2.12. The van der Waals surface area contributed by atoms with Crippen molar-refractivity contribution < 1.29 is 8.42 Å². The Morgan fingerprint density at radius 3 is 2.61 bits per heavy atom. The number of hydrogen-bond donors (Lipinski definition) is 2. The molecule has 0 saturated carbocycles. The second-order valence-corrected chi connectivity index (χ2v) is 7.09. The highest BCUT2D eigenvalue weighted by molar-refractivity contribution is 7.94. The number of aromatic nitrogens is 1. The maximum Gasteiger partial charge on any atom is 0.272 e. The zero-order valence-electron chi connectivity index (χ0n) is 9.97. The van der Waals surface area contributed by atoms with Gasteiger partial charge in [0.1, 0.15) is 10.0 Å². The molecule has 0 radical (unpaired) electrons. The van der Waals surface area contributed by atoms with Crippen molar-refractivity contribution in [3.63, 3.8) is 0 Å². The second-order valence-electron chi connectivity index (χ2n) is 3.90. The predicted molar refractivity (Wildman–Crippen MR) is 73.3 cm³/mol. The van der Waals surface area contributed by atoms with Crippen molar-refractivity contribution in [2.75, 3.05) is 10.5 Å². The minimum atomic E-state index is -3.56. The first-order valence-electron chi connectivity index (χ1n) is 5.20. The summed E-state index contributed by atoms with van der Waals surface area (Å²) in [5, 5.41) is 0. The number of anilines is 2. The minimum Gasteiger partial charge on any atom is -0.397 e. The van der Waals surface area contributed by atoms with Gasteiger partial charge in [0.15, 0.2) is 0 Å². The summed E-state index contributed by atoms with van der Waals surface area (Å²) in [4.78, 5) is 4.89. The molecule has 0 spiro atoms. The standard InChI is InChI=1S/C11H13N3O2S2/c1-7-5-10(13-6-9(7)12)14-18(15,16)11-4-3-8(2)17-11/h3-6H,12H2,1-2H3,(H,13,14). The highest BCUT2D eigenvalue weighted by Gasteiger charge is 2.17. The first kappa shape index (κ1) is 12.8. The zero-order chi connectivity index (χ0) is 13.3. The van der Waals surface area contributed by atoms with E-state index in [4.69, 9.17) is 5.73 Å². The van der Waals surface area contributed by atoms with Gasteiger partial charge in [0.25, 0.3) is 10.0 Å². The summed E-state index contributed by atoms with van der Waals surface area (Å²) in [5.74, 6) is 0.271. The Morgan fingerprint density at radius 2 is 2.06 bits per heavy atom. The molecule has 0 atom stereocenters. The van der Waals surface area contributed by atoms with Crippen LogP contribution in [-0.2, 0) is 10.0 Å². The van der Waals surface area contributed by atoms with Crippen LogP contribution in [0.25, 0.3) is 0 Å². The molecule has 5 nitrogen and oxygen atoms in total. The Bertz CT molecular complexity index is 677. The van der Waals surface area contributed by atoms with E-state index in [1.165, 1.54) is 17.5 Å². The molecule has 2 aromatic heterocycles. The SMILES string of the molecule is Cc1ccc(S(=O)(=O)Nc2cc(C)c(N)cn2)s1. The van der Waals surface area contributed by atoms with E-state index in [1.807, 2.05) is 6.92 Å². The third-order valence-corrected chi connectivity index (χ3v) is 5.22. The Labute approximate surface area is 110 Å². The fourth-order valence-corrected chi connectivity index (χ4v) is 3.65. The molecule has 0 aliphatic heterocycles. The Hall–Kier alpha value is -1.60. The highest BCUT2D eigenvalue weighted by atomic mass is 32.2. The molecule has 96 valence electrons. The molecule has 3 N–H and O–H groups in total. The molecule has 7 heteroatoms. The summed E-state index contributed by atoms with van der Waals surface area (Å²) in [5.41, 5.74) is 6.94. The number of aryl methyl sites for hydroxylation is 2. The first-order valence-corrected chi connectivity index (χ1v) is 7.50. The average molecular weight is 283 g/mol. The summed E-state index contributed by atoms with van der Waals surface area (Å²) in [6.45, 7) is 3.65. The van der Waals surface area contributed by atoms with Gasteiger partial charge in [0.05, 0.1) is 11.9 Å². The fraction of sp³-hybridized carbons (Fsp3) is 0.182. The van der Waals surface area contributed by atoms with Gasteiger partial charge in [-0.25, -0.2) is 13.4 Å². The number of nitrogens with one attached hydrogen (secondary N) is 1. The molecular formula is C11H13N3O2S2. The zero-order valence-corrected chi connectivity index (χ0v) is 11.6. The number of pyridine rings is 1. The number of nitrogen functional groups attached to an aromatic ring is 1. The molecule has 0 aromatic carbocycles. The molecule has 0 aliphatic rings. The normalized spacial score (nSPS) is 11.4. The van der Waals surface area contributed by atoms with Crippen LogP contribution in [0.2, 0.25) is 0 Å². The molecule has 2 aromatic rings. The van der Waals surface area contributed by atoms with Crippen molar-refractivity contribution in [3.05, 3.63) is 34.8 Å². The van der Waals surface area contributed by atoms with Crippen molar-refractivity contribution in [3.8, 4) is 0 Å². The number of rotatable bonds is 3. The third-order valence-electron chi connectivity index (χ3n) is 2.37. The van der Waals surface area contributed by atoms with E-state index >= 15 is 0 Å². The highest BCUT2D eigenvalue weighted by Crippen LogP contribution is 2.23. The van der Waals surface area contributed by atoms with Gasteiger partial charge in [-0.3, -0.25) is 4.72 Å². The van der Waals surface area contributed by atoms with Gasteiger partial charge >= 0.3 is 0 Å². The van der Waals surface area contributed by atoms with Crippen molar-refractivity contribution in [2.24, 2.45) is 0 Å². The number of hydrogen-bond acceptors (Lipinski definition) is 5. The van der Waals surface area contributed by atoms with Crippen LogP contribution in [0, 0.1) is 13.8 Å². The van der Waals surface area contributed by atoms with E-state index < -0.39 is 10.0 Å². The fourth-order valence-electron chi connectivity index (χ4n) is 1.37. The monoisotopic (exact) mass is 283 g/mol. The maximum absolute atomic E-state index is 12.0. The first-order chi connectivity index (χ1) is 8.38. The number of nitrogens with zero attached hydrogens (tertiary/aromatic N) is 1. The van der Waals surface area contributed by atoms with Gasteiger partial charge in [-0.2, -0.15) is 0 Å². The molecule has 0 bridgehead atoms. The van der Waals surface area contributed by atoms with Crippen molar-refractivity contribution >= 4 is 32.9 Å². The van der Waals surface area contributed by atoms with E-state index in [-0.39, 0.29) is 10.0 Å². The lowest BCUT2D eigenvalue weighted by atomic mass is 10.2. The van der Waals surface area contributed by atoms with Gasteiger partial charge < -0.3 is 5.73 Å². The van der Waals surface area contributed by atoms with E-state index in [0.717, 1.165) is 10.4 Å². The van der Waals surface area contributed by atoms with Crippen LogP contribution in [0.4, 0.5) is 11.5 Å². The van der Waals surface area contributed by atoms with Gasteiger partial charge in [0, 0.05) is 4.88 Å². The van der Waals surface area contributed by atoms with Gasteiger partial charge in [0.2, 0.25) is 0 Å². The number of thiophene rings is 1. The molecule has 0 fully saturated rings. The Morgan fingerprint density at radius 1 is 1.33 bits per heavy atom. The summed E-state index contributed by atoms with van der Waals surface area (Å²) in [6, 6.07) is 4.95. The minimum absolute atomic E-state index is 0.271. The average Bonchev–Trinajstić information content (AvgIpc) is 2.71. The largest absolute Gasteiger partial charge is 0.397 e. The van der Waals surface area contributed by atoms with Gasteiger partial charge in [-0.05, 0) is 37.6 Å². The molecule has 18 heavy (non-hydrogen) atoms. The quantitative estimate of drug-likeness (QED) is 0.903. The van der Waals surface area contributed by atoms with Crippen LogP contribution in [0.15, 0.2) is 28.6 Å². The summed E-state index contributed by atoms with van der Waals surface area (Å²) >= 11 is 1.22. The van der Waals surface area contributed by atoms with Gasteiger partial charge in [-0.15, -0.1) is 11.3 Å². The summed E-state index contributed by atoms with van der Waals surface area (Å²) < 4.78 is 26.8. The second kappa shape index (κ2) is 4.58. The van der Waals surface area contributed by atoms with Gasteiger partial charge in [-0.1, -0.05) is 0 Å². The van der Waals surface area contributed by atoms with E-state index in [2.05, 4.69) is 9.71 Å². The Kier molecular flexibility index (Phi) is 3.27. The molecule has 0 unspecified atom stereocenters. The molecule has 0 saturated heterocycles. The van der Waals surface area contributed by atoms with E-state index in [0.29, 0.717) is 5.69 Å². The molecule has 0 aliphatic carbocycles.